The van der Waals surface area contributed by atoms with Gasteiger partial charge in [0.2, 0.25) is 5.91 Å². The molecule has 0 fully saturated rings. The average molecular weight is 401 g/mol. The number of aryl methyl sites for hydroxylation is 2. The minimum Gasteiger partial charge on any atom is -0.479 e. The molecule has 3 rings (SSSR count). The molecular formula is C22H25ClN2O3. The predicted molar refractivity (Wildman–Crippen MR) is 112 cm³/mol. The lowest BCUT2D eigenvalue weighted by atomic mass is 10.0. The molecule has 1 aliphatic rings. The van der Waals surface area contributed by atoms with Crippen LogP contribution in [0.25, 0.3) is 0 Å². The van der Waals surface area contributed by atoms with Gasteiger partial charge in [0, 0.05) is 10.7 Å². The number of fused-ring (bicyclic) bond motifs is 1. The lowest BCUT2D eigenvalue weighted by Crippen LogP contribution is -2.52. The molecule has 28 heavy (non-hydrogen) atoms. The molecule has 1 N–H and O–H groups in total. The van der Waals surface area contributed by atoms with Gasteiger partial charge in [-0.3, -0.25) is 14.5 Å². The van der Waals surface area contributed by atoms with Gasteiger partial charge < -0.3 is 10.1 Å². The van der Waals surface area contributed by atoms with E-state index in [0.717, 1.165) is 29.7 Å². The molecule has 2 atom stereocenters. The Kier molecular flexibility index (Phi) is 5.94. The van der Waals surface area contributed by atoms with Gasteiger partial charge in [-0.2, -0.15) is 0 Å². The first-order valence-electron chi connectivity index (χ1n) is 9.58. The van der Waals surface area contributed by atoms with Crippen LogP contribution in [-0.2, 0) is 22.4 Å². The Morgan fingerprint density at radius 3 is 2.46 bits per heavy atom. The fourth-order valence-electron chi connectivity index (χ4n) is 3.48. The first-order chi connectivity index (χ1) is 13.4. The highest BCUT2D eigenvalue weighted by Crippen LogP contribution is 2.37. The van der Waals surface area contributed by atoms with Crippen LogP contribution in [0.3, 0.4) is 0 Å². The van der Waals surface area contributed by atoms with Crippen molar-refractivity contribution in [1.82, 2.24) is 0 Å². The number of rotatable bonds is 5. The molecule has 0 spiro atoms. The molecule has 0 saturated carbocycles. The zero-order valence-corrected chi connectivity index (χ0v) is 17.3. The summed E-state index contributed by atoms with van der Waals surface area (Å²) in [5.41, 5.74) is 3.50. The number of anilines is 2. The summed E-state index contributed by atoms with van der Waals surface area (Å²) in [5, 5.41) is 3.53. The van der Waals surface area contributed by atoms with Crippen LogP contribution in [-0.4, -0.2) is 24.0 Å². The number of amides is 2. The van der Waals surface area contributed by atoms with Crippen molar-refractivity contribution in [3.05, 3.63) is 52.5 Å². The van der Waals surface area contributed by atoms with Crippen molar-refractivity contribution in [3.63, 3.8) is 0 Å². The third-order valence-electron chi connectivity index (χ3n) is 5.08. The first-order valence-corrected chi connectivity index (χ1v) is 9.96. The molecule has 0 radical (unpaired) electrons. The van der Waals surface area contributed by atoms with E-state index < -0.39 is 12.1 Å². The number of para-hydroxylation sites is 1. The molecular weight excluding hydrogens is 376 g/mol. The third kappa shape index (κ3) is 3.72. The number of nitrogens with zero attached hydrogens (tertiary/aromatic N) is 1. The molecule has 148 valence electrons. The standard InChI is InChI=1S/C22H25ClN2O3/c1-5-15-8-7-9-16(6-2)20(15)24-21(26)13(3)25-18-12-17(23)10-11-19(18)28-14(4)22(25)27/h7-14H,5-6H2,1-4H3,(H,24,26). The SMILES string of the molecule is CCc1cccc(CC)c1NC(=O)C(C)N1C(=O)C(C)Oc2ccc(Cl)cc21. The summed E-state index contributed by atoms with van der Waals surface area (Å²) in [7, 11) is 0. The van der Waals surface area contributed by atoms with Gasteiger partial charge in [-0.15, -0.1) is 0 Å². The number of halogens is 1. The largest absolute Gasteiger partial charge is 0.479 e. The van der Waals surface area contributed by atoms with E-state index in [9.17, 15) is 9.59 Å². The van der Waals surface area contributed by atoms with Crippen molar-refractivity contribution in [2.75, 3.05) is 10.2 Å². The van der Waals surface area contributed by atoms with E-state index in [1.165, 1.54) is 4.90 Å². The summed E-state index contributed by atoms with van der Waals surface area (Å²) in [5.74, 6) is 0.0280. The summed E-state index contributed by atoms with van der Waals surface area (Å²) >= 11 is 6.13. The van der Waals surface area contributed by atoms with E-state index >= 15 is 0 Å². The van der Waals surface area contributed by atoms with Crippen LogP contribution >= 0.6 is 11.6 Å². The van der Waals surface area contributed by atoms with Crippen LogP contribution in [0.2, 0.25) is 5.02 Å². The zero-order valence-electron chi connectivity index (χ0n) is 16.6. The second kappa shape index (κ2) is 8.23. The van der Waals surface area contributed by atoms with E-state index in [1.54, 1.807) is 32.0 Å². The highest BCUT2D eigenvalue weighted by atomic mass is 35.5. The minimum absolute atomic E-state index is 0.246. The molecule has 0 saturated heterocycles. The maximum atomic E-state index is 13.1. The molecule has 0 aliphatic carbocycles. The van der Waals surface area contributed by atoms with Gasteiger partial charge in [0.25, 0.3) is 5.91 Å². The van der Waals surface area contributed by atoms with Crippen LogP contribution in [0, 0.1) is 0 Å². The van der Waals surface area contributed by atoms with Crippen molar-refractivity contribution < 1.29 is 14.3 Å². The lowest BCUT2D eigenvalue weighted by Gasteiger charge is -2.36. The Labute approximate surface area is 170 Å². The van der Waals surface area contributed by atoms with Crippen LogP contribution in [0.15, 0.2) is 36.4 Å². The van der Waals surface area contributed by atoms with Crippen molar-refractivity contribution in [2.24, 2.45) is 0 Å². The Morgan fingerprint density at radius 1 is 1.21 bits per heavy atom. The number of hydrogen-bond donors (Lipinski definition) is 1. The predicted octanol–water partition coefficient (Wildman–Crippen LogP) is 4.61. The zero-order chi connectivity index (χ0) is 20.4. The number of ether oxygens (including phenoxy) is 1. The van der Waals surface area contributed by atoms with Gasteiger partial charge in [-0.05, 0) is 56.0 Å². The quantitative estimate of drug-likeness (QED) is 0.797. The second-order valence-electron chi connectivity index (χ2n) is 6.90. The molecule has 0 aromatic heterocycles. The van der Waals surface area contributed by atoms with E-state index in [1.807, 2.05) is 18.2 Å². The normalized spacial score (nSPS) is 17.0. The van der Waals surface area contributed by atoms with Crippen LogP contribution < -0.4 is 15.0 Å². The molecule has 2 aromatic rings. The van der Waals surface area contributed by atoms with Gasteiger partial charge in [0.1, 0.15) is 11.8 Å². The fraction of sp³-hybridized carbons (Fsp3) is 0.364. The molecule has 1 aliphatic heterocycles. The maximum absolute atomic E-state index is 13.1. The van der Waals surface area contributed by atoms with Crippen molar-refractivity contribution >= 4 is 34.8 Å². The monoisotopic (exact) mass is 400 g/mol. The smallest absolute Gasteiger partial charge is 0.268 e. The van der Waals surface area contributed by atoms with E-state index in [4.69, 9.17) is 16.3 Å². The van der Waals surface area contributed by atoms with Crippen molar-refractivity contribution in [1.29, 1.82) is 0 Å². The van der Waals surface area contributed by atoms with Crippen LogP contribution in [0.5, 0.6) is 5.75 Å². The summed E-state index contributed by atoms with van der Waals surface area (Å²) in [6.07, 6.45) is 0.950. The van der Waals surface area contributed by atoms with Gasteiger partial charge in [0.05, 0.1) is 5.69 Å². The highest BCUT2D eigenvalue weighted by molar-refractivity contribution is 6.31. The van der Waals surface area contributed by atoms with Gasteiger partial charge in [-0.25, -0.2) is 0 Å². The Bertz CT molecular complexity index is 890. The van der Waals surface area contributed by atoms with Gasteiger partial charge in [0.15, 0.2) is 6.10 Å². The first kappa shape index (κ1) is 20.2. The molecule has 5 nitrogen and oxygen atoms in total. The topological polar surface area (TPSA) is 58.6 Å². The van der Waals surface area contributed by atoms with Gasteiger partial charge >= 0.3 is 0 Å². The summed E-state index contributed by atoms with van der Waals surface area (Å²) in [6.45, 7) is 7.51. The van der Waals surface area contributed by atoms with E-state index in [2.05, 4.69) is 19.2 Å². The summed E-state index contributed by atoms with van der Waals surface area (Å²) in [6, 6.07) is 10.4. The van der Waals surface area contributed by atoms with Crippen molar-refractivity contribution in [2.45, 2.75) is 52.7 Å². The highest BCUT2D eigenvalue weighted by Gasteiger charge is 2.37. The fourth-order valence-corrected chi connectivity index (χ4v) is 3.65. The number of carbonyl (C=O) groups excluding carboxylic acids is 2. The third-order valence-corrected chi connectivity index (χ3v) is 5.32. The Morgan fingerprint density at radius 2 is 1.86 bits per heavy atom. The minimum atomic E-state index is -0.717. The van der Waals surface area contributed by atoms with E-state index in [0.29, 0.717) is 16.5 Å². The number of benzene rings is 2. The molecule has 2 aromatic carbocycles. The maximum Gasteiger partial charge on any atom is 0.268 e. The average Bonchev–Trinajstić information content (AvgIpc) is 2.69. The molecule has 2 unspecified atom stereocenters. The summed E-state index contributed by atoms with van der Waals surface area (Å²) < 4.78 is 5.67. The Hall–Kier alpha value is -2.53. The number of hydrogen-bond acceptors (Lipinski definition) is 3. The lowest BCUT2D eigenvalue weighted by molar-refractivity contribution is -0.128. The second-order valence-corrected chi connectivity index (χ2v) is 7.34. The van der Waals surface area contributed by atoms with Crippen LogP contribution in [0.1, 0.15) is 38.8 Å². The molecule has 1 heterocycles. The van der Waals surface area contributed by atoms with Crippen molar-refractivity contribution in [3.8, 4) is 5.75 Å². The Balaban J connectivity index is 1.94. The number of nitrogens with one attached hydrogen (secondary N) is 1. The van der Waals surface area contributed by atoms with E-state index in [-0.39, 0.29) is 11.8 Å². The van der Waals surface area contributed by atoms with Crippen LogP contribution in [0.4, 0.5) is 11.4 Å². The van der Waals surface area contributed by atoms with Gasteiger partial charge in [-0.1, -0.05) is 43.6 Å². The molecule has 2 amide bonds. The summed E-state index contributed by atoms with van der Waals surface area (Å²) in [4.78, 5) is 27.4. The molecule has 6 heteroatoms. The molecule has 0 bridgehead atoms. The number of carbonyl (C=O) groups is 2.